The van der Waals surface area contributed by atoms with Gasteiger partial charge in [-0.3, -0.25) is 14.4 Å². The molecule has 0 spiro atoms. The first-order chi connectivity index (χ1) is 13.7. The fraction of sp³-hybridized carbons (Fsp3) is 0.348. The molecule has 2 unspecified atom stereocenters. The van der Waals surface area contributed by atoms with Crippen molar-refractivity contribution < 1.29 is 19.1 Å². The third kappa shape index (κ3) is 4.06. The number of methoxy groups -OCH3 is 1. The topological polar surface area (TPSA) is 63.7 Å². The lowest BCUT2D eigenvalue weighted by Gasteiger charge is -2.29. The summed E-state index contributed by atoms with van der Waals surface area (Å²) in [6.07, 6.45) is 0. The standard InChI is InChI=1S/C23H24ClNO4/c1-13(2)21(26)19-20(18-10-7-16(24)11-14(18)3)25(23(28)22(19)27)12-15-5-8-17(29-4)9-6-15/h5-11,13,19-20H,12H2,1-4H3. The van der Waals surface area contributed by atoms with Crippen LogP contribution in [0.3, 0.4) is 0 Å². The van der Waals surface area contributed by atoms with Crippen LogP contribution in [-0.2, 0) is 20.9 Å². The van der Waals surface area contributed by atoms with Crippen LogP contribution in [0, 0.1) is 18.8 Å². The molecule has 2 aromatic carbocycles. The molecule has 2 aromatic rings. The van der Waals surface area contributed by atoms with Gasteiger partial charge in [-0.25, -0.2) is 0 Å². The van der Waals surface area contributed by atoms with Crippen LogP contribution in [-0.4, -0.2) is 29.5 Å². The summed E-state index contributed by atoms with van der Waals surface area (Å²) in [6, 6.07) is 12.0. The molecule has 1 fully saturated rings. The van der Waals surface area contributed by atoms with E-state index in [1.165, 1.54) is 4.90 Å². The fourth-order valence-corrected chi connectivity index (χ4v) is 4.01. The summed E-state index contributed by atoms with van der Waals surface area (Å²) < 4.78 is 5.18. The van der Waals surface area contributed by atoms with Gasteiger partial charge in [0.2, 0.25) is 5.78 Å². The first-order valence-electron chi connectivity index (χ1n) is 9.52. The van der Waals surface area contributed by atoms with E-state index < -0.39 is 23.7 Å². The second-order valence-corrected chi connectivity index (χ2v) is 8.06. The number of ketones is 2. The molecule has 0 N–H and O–H groups in total. The Bertz CT molecular complexity index is 952. The Morgan fingerprint density at radius 3 is 2.34 bits per heavy atom. The van der Waals surface area contributed by atoms with Crippen LogP contribution in [0.15, 0.2) is 42.5 Å². The van der Waals surface area contributed by atoms with E-state index in [0.717, 1.165) is 16.7 Å². The zero-order chi connectivity index (χ0) is 21.3. The van der Waals surface area contributed by atoms with Gasteiger partial charge in [0.1, 0.15) is 17.5 Å². The van der Waals surface area contributed by atoms with Crippen molar-refractivity contribution in [2.75, 3.05) is 7.11 Å². The smallest absolute Gasteiger partial charge is 0.291 e. The third-order valence-electron chi connectivity index (χ3n) is 5.34. The number of carbonyl (C=O) groups excluding carboxylic acids is 3. The summed E-state index contributed by atoms with van der Waals surface area (Å²) in [7, 11) is 1.58. The van der Waals surface area contributed by atoms with E-state index >= 15 is 0 Å². The summed E-state index contributed by atoms with van der Waals surface area (Å²) >= 11 is 6.10. The van der Waals surface area contributed by atoms with Crippen molar-refractivity contribution in [2.45, 2.75) is 33.4 Å². The number of aryl methyl sites for hydroxylation is 1. The van der Waals surface area contributed by atoms with E-state index in [4.69, 9.17) is 16.3 Å². The van der Waals surface area contributed by atoms with Gasteiger partial charge in [0.05, 0.1) is 13.2 Å². The van der Waals surface area contributed by atoms with Crippen molar-refractivity contribution in [2.24, 2.45) is 11.8 Å². The lowest BCUT2D eigenvalue weighted by molar-refractivity contribution is -0.142. The Morgan fingerprint density at radius 1 is 1.14 bits per heavy atom. The van der Waals surface area contributed by atoms with Gasteiger partial charge >= 0.3 is 0 Å². The molecule has 1 aliphatic rings. The molecule has 0 aliphatic carbocycles. The van der Waals surface area contributed by atoms with Crippen LogP contribution in [0.4, 0.5) is 0 Å². The van der Waals surface area contributed by atoms with Gasteiger partial charge in [0.15, 0.2) is 0 Å². The number of rotatable bonds is 6. The molecule has 2 atom stereocenters. The van der Waals surface area contributed by atoms with E-state index in [0.29, 0.717) is 10.8 Å². The molecule has 1 saturated heterocycles. The van der Waals surface area contributed by atoms with Gasteiger partial charge in [0.25, 0.3) is 5.91 Å². The number of benzene rings is 2. The summed E-state index contributed by atoms with van der Waals surface area (Å²) in [5.41, 5.74) is 2.45. The van der Waals surface area contributed by atoms with Crippen molar-refractivity contribution in [3.63, 3.8) is 0 Å². The molecular weight excluding hydrogens is 390 g/mol. The number of carbonyl (C=O) groups is 3. The highest BCUT2D eigenvalue weighted by atomic mass is 35.5. The molecule has 3 rings (SSSR count). The number of nitrogens with zero attached hydrogens (tertiary/aromatic N) is 1. The number of likely N-dealkylation sites (tertiary alicyclic amines) is 1. The lowest BCUT2D eigenvalue weighted by atomic mass is 9.83. The number of amides is 1. The maximum absolute atomic E-state index is 12.9. The summed E-state index contributed by atoms with van der Waals surface area (Å²) in [4.78, 5) is 40.2. The highest BCUT2D eigenvalue weighted by Crippen LogP contribution is 2.40. The molecular formula is C23H24ClNO4. The van der Waals surface area contributed by atoms with E-state index in [-0.39, 0.29) is 18.2 Å². The SMILES string of the molecule is COc1ccc(CN2C(=O)C(=O)C(C(=O)C(C)C)C2c2ccc(Cl)cc2C)cc1. The number of halogens is 1. The first-order valence-corrected chi connectivity index (χ1v) is 9.90. The predicted octanol–water partition coefficient (Wildman–Crippen LogP) is 4.15. The highest BCUT2D eigenvalue weighted by Gasteiger charge is 2.52. The normalized spacial score (nSPS) is 19.2. The van der Waals surface area contributed by atoms with Crippen molar-refractivity contribution in [1.82, 2.24) is 4.90 Å². The van der Waals surface area contributed by atoms with E-state index in [2.05, 4.69) is 0 Å². The fourth-order valence-electron chi connectivity index (χ4n) is 3.78. The van der Waals surface area contributed by atoms with Crippen LogP contribution in [0.1, 0.15) is 36.6 Å². The van der Waals surface area contributed by atoms with Crippen molar-refractivity contribution in [3.8, 4) is 5.75 Å². The minimum Gasteiger partial charge on any atom is -0.497 e. The minimum absolute atomic E-state index is 0.222. The second kappa shape index (κ2) is 8.37. The van der Waals surface area contributed by atoms with Crippen LogP contribution in [0.2, 0.25) is 5.02 Å². The summed E-state index contributed by atoms with van der Waals surface area (Å²) in [6.45, 7) is 5.59. The van der Waals surface area contributed by atoms with Crippen molar-refractivity contribution in [3.05, 3.63) is 64.2 Å². The molecule has 0 aromatic heterocycles. The van der Waals surface area contributed by atoms with Gasteiger partial charge in [0, 0.05) is 17.5 Å². The van der Waals surface area contributed by atoms with Crippen LogP contribution >= 0.6 is 11.6 Å². The minimum atomic E-state index is -1.01. The molecule has 29 heavy (non-hydrogen) atoms. The average Bonchev–Trinajstić information content (AvgIpc) is 2.92. The number of ether oxygens (including phenoxy) is 1. The van der Waals surface area contributed by atoms with E-state index in [1.54, 1.807) is 51.3 Å². The van der Waals surface area contributed by atoms with Crippen LogP contribution in [0.25, 0.3) is 0 Å². The van der Waals surface area contributed by atoms with Crippen LogP contribution < -0.4 is 4.74 Å². The molecule has 1 amide bonds. The molecule has 5 nitrogen and oxygen atoms in total. The zero-order valence-corrected chi connectivity index (χ0v) is 17.7. The monoisotopic (exact) mass is 413 g/mol. The molecule has 0 saturated carbocycles. The third-order valence-corrected chi connectivity index (χ3v) is 5.58. The summed E-state index contributed by atoms with van der Waals surface area (Å²) in [5.74, 6) is -2.15. The number of Topliss-reactive ketones (excluding diaryl/α,β-unsaturated/α-hetero) is 2. The lowest BCUT2D eigenvalue weighted by Crippen LogP contribution is -2.32. The average molecular weight is 414 g/mol. The maximum Gasteiger partial charge on any atom is 0.291 e. The molecule has 0 radical (unpaired) electrons. The second-order valence-electron chi connectivity index (χ2n) is 7.63. The Labute approximate surface area is 175 Å². The Balaban J connectivity index is 2.06. The Hall–Kier alpha value is -2.66. The quantitative estimate of drug-likeness (QED) is 0.527. The van der Waals surface area contributed by atoms with Crippen molar-refractivity contribution >= 4 is 29.1 Å². The van der Waals surface area contributed by atoms with Gasteiger partial charge in [-0.2, -0.15) is 0 Å². The molecule has 152 valence electrons. The van der Waals surface area contributed by atoms with Crippen LogP contribution in [0.5, 0.6) is 5.75 Å². The van der Waals surface area contributed by atoms with Gasteiger partial charge in [-0.05, 0) is 47.9 Å². The molecule has 6 heteroatoms. The number of hydrogen-bond acceptors (Lipinski definition) is 4. The predicted molar refractivity (Wildman–Crippen MR) is 111 cm³/mol. The van der Waals surface area contributed by atoms with E-state index in [1.807, 2.05) is 19.1 Å². The van der Waals surface area contributed by atoms with Gasteiger partial charge < -0.3 is 9.64 Å². The van der Waals surface area contributed by atoms with E-state index in [9.17, 15) is 14.4 Å². The van der Waals surface area contributed by atoms with Gasteiger partial charge in [-0.15, -0.1) is 0 Å². The largest absolute Gasteiger partial charge is 0.497 e. The Kier molecular flexibility index (Phi) is 6.08. The van der Waals surface area contributed by atoms with Gasteiger partial charge in [-0.1, -0.05) is 43.6 Å². The first kappa shape index (κ1) is 21.1. The number of hydrogen-bond donors (Lipinski definition) is 0. The highest BCUT2D eigenvalue weighted by molar-refractivity contribution is 6.43. The maximum atomic E-state index is 12.9. The molecule has 1 aliphatic heterocycles. The zero-order valence-electron chi connectivity index (χ0n) is 16.9. The molecule has 0 bridgehead atoms. The molecule has 1 heterocycles. The Morgan fingerprint density at radius 2 is 1.79 bits per heavy atom. The summed E-state index contributed by atoms with van der Waals surface area (Å²) in [5, 5.41) is 0.565. The van der Waals surface area contributed by atoms with Crippen molar-refractivity contribution in [1.29, 1.82) is 0 Å².